The highest BCUT2D eigenvalue weighted by atomic mass is 16.6. The van der Waals surface area contributed by atoms with E-state index >= 15 is 0 Å². The smallest absolute Gasteiger partial charge is 0.291 e. The lowest BCUT2D eigenvalue weighted by Gasteiger charge is -2.38. The van der Waals surface area contributed by atoms with Crippen molar-refractivity contribution in [1.29, 1.82) is 0 Å². The molecule has 0 aliphatic carbocycles. The highest BCUT2D eigenvalue weighted by molar-refractivity contribution is 5.90. The van der Waals surface area contributed by atoms with Crippen LogP contribution in [0.4, 0.5) is 0 Å². The number of hydrogen-bond donors (Lipinski definition) is 0. The first-order chi connectivity index (χ1) is 12.2. The van der Waals surface area contributed by atoms with Gasteiger partial charge in [-0.2, -0.15) is 0 Å². The molecule has 2 aliphatic heterocycles. The number of pyridine rings is 1. The van der Waals surface area contributed by atoms with Crippen molar-refractivity contribution < 1.29 is 14.3 Å². The fourth-order valence-corrected chi connectivity index (χ4v) is 3.50. The summed E-state index contributed by atoms with van der Waals surface area (Å²) in [4.78, 5) is 26.4. The fraction of sp³-hybridized carbons (Fsp3) is 0.444. The van der Waals surface area contributed by atoms with Crippen molar-refractivity contribution >= 4 is 5.91 Å². The van der Waals surface area contributed by atoms with Crippen LogP contribution < -0.4 is 4.74 Å². The van der Waals surface area contributed by atoms with Crippen LogP contribution in [0.2, 0.25) is 0 Å². The number of carbonyl (C=O) groups is 1. The van der Waals surface area contributed by atoms with Gasteiger partial charge >= 0.3 is 0 Å². The first-order valence-electron chi connectivity index (χ1n) is 8.51. The van der Waals surface area contributed by atoms with E-state index < -0.39 is 0 Å². The van der Waals surface area contributed by atoms with E-state index in [1.807, 2.05) is 12.1 Å². The van der Waals surface area contributed by atoms with Gasteiger partial charge in [-0.05, 0) is 31.0 Å². The summed E-state index contributed by atoms with van der Waals surface area (Å²) in [5, 5.41) is 0. The molecule has 0 unspecified atom stereocenters. The van der Waals surface area contributed by atoms with E-state index in [1.165, 1.54) is 0 Å². The van der Waals surface area contributed by atoms with E-state index in [2.05, 4.69) is 15.0 Å². The van der Waals surface area contributed by atoms with Gasteiger partial charge in [0.25, 0.3) is 5.91 Å². The van der Waals surface area contributed by atoms with Crippen LogP contribution in [0.3, 0.4) is 0 Å². The monoisotopic (exact) mass is 340 g/mol. The number of hydrogen-bond acceptors (Lipinski definition) is 6. The van der Waals surface area contributed by atoms with Crippen molar-refractivity contribution in [2.24, 2.45) is 0 Å². The van der Waals surface area contributed by atoms with E-state index in [0.29, 0.717) is 19.7 Å². The van der Waals surface area contributed by atoms with E-state index in [-0.39, 0.29) is 23.4 Å². The molecule has 0 saturated carbocycles. The summed E-state index contributed by atoms with van der Waals surface area (Å²) in [7, 11) is 0. The molecular formula is C18H20N4O3. The third-order valence-electron chi connectivity index (χ3n) is 4.83. The standard InChI is InChI=1S/C18H20N4O3/c23-17(16-20-7-2-8-21-16)22-9-4-18(5-10-22)11-15(13-24-18)25-14-3-1-6-19-12-14/h1-3,6-8,12,15H,4-5,9-11,13H2/t15-/m1/s1. The van der Waals surface area contributed by atoms with Crippen LogP contribution in [-0.2, 0) is 4.74 Å². The van der Waals surface area contributed by atoms with Crippen LogP contribution in [0.1, 0.15) is 29.9 Å². The first-order valence-corrected chi connectivity index (χ1v) is 8.51. The number of aromatic nitrogens is 3. The third kappa shape index (κ3) is 3.46. The van der Waals surface area contributed by atoms with Gasteiger partial charge in [-0.25, -0.2) is 9.97 Å². The molecule has 1 amide bonds. The maximum Gasteiger partial charge on any atom is 0.291 e. The number of carbonyl (C=O) groups excluding carboxylic acids is 1. The minimum absolute atomic E-state index is 0.0314. The second-order valence-electron chi connectivity index (χ2n) is 6.49. The van der Waals surface area contributed by atoms with Crippen molar-refractivity contribution in [2.75, 3.05) is 19.7 Å². The minimum Gasteiger partial charge on any atom is -0.486 e. The molecule has 130 valence electrons. The van der Waals surface area contributed by atoms with E-state index in [9.17, 15) is 4.79 Å². The third-order valence-corrected chi connectivity index (χ3v) is 4.83. The van der Waals surface area contributed by atoms with Crippen LogP contribution in [0.25, 0.3) is 0 Å². The molecule has 2 aliphatic rings. The van der Waals surface area contributed by atoms with E-state index in [0.717, 1.165) is 25.0 Å². The summed E-state index contributed by atoms with van der Waals surface area (Å²) in [6.07, 6.45) is 9.10. The predicted molar refractivity (Wildman–Crippen MR) is 89.1 cm³/mol. The van der Waals surface area contributed by atoms with Gasteiger partial charge in [0, 0.05) is 38.1 Å². The van der Waals surface area contributed by atoms with Gasteiger partial charge in [-0.15, -0.1) is 0 Å². The van der Waals surface area contributed by atoms with Crippen LogP contribution in [-0.4, -0.2) is 57.2 Å². The number of piperidine rings is 1. The fourth-order valence-electron chi connectivity index (χ4n) is 3.50. The number of ether oxygens (including phenoxy) is 2. The van der Waals surface area contributed by atoms with Gasteiger partial charge < -0.3 is 14.4 Å². The molecule has 4 heterocycles. The van der Waals surface area contributed by atoms with Gasteiger partial charge in [0.15, 0.2) is 0 Å². The Morgan fingerprint density at radius 2 is 2.00 bits per heavy atom. The maximum absolute atomic E-state index is 12.4. The van der Waals surface area contributed by atoms with Gasteiger partial charge in [0.05, 0.1) is 18.4 Å². The molecule has 2 fully saturated rings. The molecule has 7 heteroatoms. The Hall–Kier alpha value is -2.54. The highest BCUT2D eigenvalue weighted by Gasteiger charge is 2.44. The van der Waals surface area contributed by atoms with Gasteiger partial charge in [0.2, 0.25) is 5.82 Å². The Kier molecular flexibility index (Phi) is 4.31. The lowest BCUT2D eigenvalue weighted by Crippen LogP contribution is -2.47. The summed E-state index contributed by atoms with van der Waals surface area (Å²) in [6, 6.07) is 5.46. The summed E-state index contributed by atoms with van der Waals surface area (Å²) in [6.45, 7) is 1.87. The van der Waals surface area contributed by atoms with Crippen molar-refractivity contribution in [3.05, 3.63) is 48.8 Å². The van der Waals surface area contributed by atoms with Crippen LogP contribution >= 0.6 is 0 Å². The topological polar surface area (TPSA) is 77.4 Å². The number of nitrogens with zero attached hydrogens (tertiary/aromatic N) is 4. The first kappa shape index (κ1) is 16.0. The average Bonchev–Trinajstić information content (AvgIpc) is 3.05. The molecule has 0 bridgehead atoms. The zero-order valence-corrected chi connectivity index (χ0v) is 13.9. The Morgan fingerprint density at radius 3 is 2.72 bits per heavy atom. The molecule has 2 aromatic rings. The molecule has 0 radical (unpaired) electrons. The second-order valence-corrected chi connectivity index (χ2v) is 6.49. The molecule has 1 atom stereocenters. The minimum atomic E-state index is -0.193. The van der Waals surface area contributed by atoms with Crippen LogP contribution in [0.15, 0.2) is 43.0 Å². The molecule has 7 nitrogen and oxygen atoms in total. The molecule has 2 aromatic heterocycles. The summed E-state index contributed by atoms with van der Waals surface area (Å²) in [5.41, 5.74) is -0.193. The summed E-state index contributed by atoms with van der Waals surface area (Å²) >= 11 is 0. The van der Waals surface area contributed by atoms with Gasteiger partial charge in [-0.3, -0.25) is 9.78 Å². The average molecular weight is 340 g/mol. The molecule has 1 spiro atoms. The highest BCUT2D eigenvalue weighted by Crippen LogP contribution is 2.37. The predicted octanol–water partition coefficient (Wildman–Crippen LogP) is 1.71. The largest absolute Gasteiger partial charge is 0.486 e. The second kappa shape index (κ2) is 6.76. The number of likely N-dealkylation sites (tertiary alicyclic amines) is 1. The van der Waals surface area contributed by atoms with E-state index in [4.69, 9.17) is 9.47 Å². The molecule has 0 aromatic carbocycles. The summed E-state index contributed by atoms with van der Waals surface area (Å²) in [5.74, 6) is 0.905. The lowest BCUT2D eigenvalue weighted by molar-refractivity contribution is -0.0397. The zero-order chi connectivity index (χ0) is 17.1. The number of rotatable bonds is 3. The Bertz CT molecular complexity index is 718. The molecule has 4 rings (SSSR count). The quantitative estimate of drug-likeness (QED) is 0.847. The maximum atomic E-state index is 12.4. The molecule has 0 N–H and O–H groups in total. The normalized spacial score (nSPS) is 22.1. The Balaban J connectivity index is 1.33. The zero-order valence-electron chi connectivity index (χ0n) is 13.9. The lowest BCUT2D eigenvalue weighted by atomic mass is 9.88. The van der Waals surface area contributed by atoms with E-state index in [1.54, 1.807) is 35.8 Å². The Morgan fingerprint density at radius 1 is 1.20 bits per heavy atom. The van der Waals surface area contributed by atoms with Gasteiger partial charge in [-0.1, -0.05) is 0 Å². The number of amides is 1. The molecule has 2 saturated heterocycles. The van der Waals surface area contributed by atoms with Crippen molar-refractivity contribution in [2.45, 2.75) is 31.0 Å². The Labute approximate surface area is 146 Å². The van der Waals surface area contributed by atoms with Crippen molar-refractivity contribution in [1.82, 2.24) is 19.9 Å². The SMILES string of the molecule is O=C(c1ncccn1)N1CCC2(CC1)C[C@@H](Oc1cccnc1)CO2. The molecular weight excluding hydrogens is 320 g/mol. The van der Waals surface area contributed by atoms with Crippen LogP contribution in [0.5, 0.6) is 5.75 Å². The summed E-state index contributed by atoms with van der Waals surface area (Å²) < 4.78 is 12.0. The van der Waals surface area contributed by atoms with Gasteiger partial charge in [0.1, 0.15) is 11.9 Å². The van der Waals surface area contributed by atoms with Crippen LogP contribution in [0, 0.1) is 0 Å². The molecule has 25 heavy (non-hydrogen) atoms. The van der Waals surface area contributed by atoms with Crippen molar-refractivity contribution in [3.63, 3.8) is 0 Å². The van der Waals surface area contributed by atoms with Crippen molar-refractivity contribution in [3.8, 4) is 5.75 Å².